The predicted molar refractivity (Wildman–Crippen MR) is 84.1 cm³/mol. The van der Waals surface area contributed by atoms with Crippen LogP contribution in [-0.2, 0) is 14.4 Å². The molecule has 0 aliphatic carbocycles. The largest absolute Gasteiger partial charge is 0.390 e. The van der Waals surface area contributed by atoms with Crippen molar-refractivity contribution in [2.24, 2.45) is 5.16 Å². The van der Waals surface area contributed by atoms with E-state index in [2.05, 4.69) is 10.5 Å². The van der Waals surface area contributed by atoms with E-state index in [0.29, 0.717) is 50.5 Å². The summed E-state index contributed by atoms with van der Waals surface area (Å²) < 4.78 is 34.1. The van der Waals surface area contributed by atoms with Crippen molar-refractivity contribution in [3.63, 3.8) is 0 Å². The lowest BCUT2D eigenvalue weighted by Gasteiger charge is -2.29. The number of carbonyl (C=O) groups excluding carboxylic acids is 1. The second-order valence-corrected chi connectivity index (χ2v) is 5.79. The molecular formula is C16H19F2N3O3. The van der Waals surface area contributed by atoms with E-state index in [1.807, 2.05) is 0 Å². The minimum absolute atomic E-state index is 0.0311. The van der Waals surface area contributed by atoms with Crippen LogP contribution in [0.25, 0.3) is 0 Å². The lowest BCUT2D eigenvalue weighted by atomic mass is 10.0. The van der Waals surface area contributed by atoms with E-state index in [1.165, 1.54) is 19.1 Å². The number of hydrogen-bond acceptors (Lipinski definition) is 5. The number of halogens is 2. The van der Waals surface area contributed by atoms with Gasteiger partial charge in [0.2, 0.25) is 5.91 Å². The van der Waals surface area contributed by atoms with Gasteiger partial charge in [-0.3, -0.25) is 4.79 Å². The molecule has 1 aromatic rings. The monoisotopic (exact) mass is 339 g/mol. The molecule has 24 heavy (non-hydrogen) atoms. The first-order valence-corrected chi connectivity index (χ1v) is 7.84. The third kappa shape index (κ3) is 3.64. The summed E-state index contributed by atoms with van der Waals surface area (Å²) in [6.45, 7) is 3.52. The van der Waals surface area contributed by atoms with Gasteiger partial charge in [0.1, 0.15) is 23.4 Å². The summed E-state index contributed by atoms with van der Waals surface area (Å²) in [5.41, 5.74) is 0.792. The SMILES string of the molecule is CC(=O)NC[C@H]1CC(c2cc(F)c(N3CCOCC3)c(F)c2)=NO1. The number of nitrogens with one attached hydrogen (secondary N) is 1. The maximum Gasteiger partial charge on any atom is 0.217 e. The van der Waals surface area contributed by atoms with Crippen LogP contribution in [0, 0.1) is 11.6 Å². The van der Waals surface area contributed by atoms with Crippen molar-refractivity contribution in [1.29, 1.82) is 0 Å². The Balaban J connectivity index is 1.72. The summed E-state index contributed by atoms with van der Waals surface area (Å²) in [5.74, 6) is -1.42. The molecule has 2 heterocycles. The number of amides is 1. The molecule has 130 valence electrons. The number of rotatable bonds is 4. The smallest absolute Gasteiger partial charge is 0.217 e. The zero-order chi connectivity index (χ0) is 17.1. The van der Waals surface area contributed by atoms with Gasteiger partial charge < -0.3 is 19.8 Å². The Morgan fingerprint density at radius 1 is 1.33 bits per heavy atom. The predicted octanol–water partition coefficient (Wildman–Crippen LogP) is 1.43. The fourth-order valence-electron chi connectivity index (χ4n) is 2.79. The molecule has 6 nitrogen and oxygen atoms in total. The van der Waals surface area contributed by atoms with Crippen LogP contribution >= 0.6 is 0 Å². The molecular weight excluding hydrogens is 320 g/mol. The summed E-state index contributed by atoms with van der Waals surface area (Å²) >= 11 is 0. The second-order valence-electron chi connectivity index (χ2n) is 5.79. The van der Waals surface area contributed by atoms with Crippen molar-refractivity contribution in [2.45, 2.75) is 19.4 Å². The van der Waals surface area contributed by atoms with Gasteiger partial charge in [0, 0.05) is 32.0 Å². The number of anilines is 1. The molecule has 2 aliphatic rings. The maximum absolute atomic E-state index is 14.4. The third-order valence-electron chi connectivity index (χ3n) is 3.99. The molecule has 1 saturated heterocycles. The minimum atomic E-state index is -0.625. The Morgan fingerprint density at radius 3 is 2.62 bits per heavy atom. The number of hydrogen-bond donors (Lipinski definition) is 1. The van der Waals surface area contributed by atoms with Crippen molar-refractivity contribution in [3.05, 3.63) is 29.3 Å². The van der Waals surface area contributed by atoms with Gasteiger partial charge in [-0.2, -0.15) is 0 Å². The molecule has 1 aromatic carbocycles. The van der Waals surface area contributed by atoms with Crippen molar-refractivity contribution in [1.82, 2.24) is 5.32 Å². The molecule has 0 unspecified atom stereocenters. The highest BCUT2D eigenvalue weighted by Crippen LogP contribution is 2.27. The fourth-order valence-corrected chi connectivity index (χ4v) is 2.79. The molecule has 2 aliphatic heterocycles. The van der Waals surface area contributed by atoms with Crippen molar-refractivity contribution in [2.75, 3.05) is 37.7 Å². The van der Waals surface area contributed by atoms with E-state index in [4.69, 9.17) is 9.57 Å². The Bertz CT molecular complexity index is 637. The van der Waals surface area contributed by atoms with E-state index in [9.17, 15) is 13.6 Å². The van der Waals surface area contributed by atoms with Gasteiger partial charge in [-0.25, -0.2) is 8.78 Å². The van der Waals surface area contributed by atoms with Crippen LogP contribution in [0.3, 0.4) is 0 Å². The topological polar surface area (TPSA) is 63.2 Å². The van der Waals surface area contributed by atoms with E-state index >= 15 is 0 Å². The highest BCUT2D eigenvalue weighted by atomic mass is 19.1. The quantitative estimate of drug-likeness (QED) is 0.901. The molecule has 8 heteroatoms. The van der Waals surface area contributed by atoms with E-state index in [1.54, 1.807) is 4.90 Å². The van der Waals surface area contributed by atoms with Crippen LogP contribution < -0.4 is 10.2 Å². The van der Waals surface area contributed by atoms with Crippen LogP contribution in [0.15, 0.2) is 17.3 Å². The highest BCUT2D eigenvalue weighted by Gasteiger charge is 2.26. The fraction of sp³-hybridized carbons (Fsp3) is 0.500. The normalized spacial score (nSPS) is 20.5. The maximum atomic E-state index is 14.4. The van der Waals surface area contributed by atoms with Crippen LogP contribution in [0.4, 0.5) is 14.5 Å². The van der Waals surface area contributed by atoms with E-state index < -0.39 is 11.6 Å². The zero-order valence-electron chi connectivity index (χ0n) is 13.3. The molecule has 1 amide bonds. The van der Waals surface area contributed by atoms with Crippen molar-refractivity contribution < 1.29 is 23.1 Å². The number of morpholine rings is 1. The average molecular weight is 339 g/mol. The average Bonchev–Trinajstić information content (AvgIpc) is 3.02. The molecule has 1 fully saturated rings. The zero-order valence-corrected chi connectivity index (χ0v) is 13.3. The number of oxime groups is 1. The third-order valence-corrected chi connectivity index (χ3v) is 3.99. The van der Waals surface area contributed by atoms with Gasteiger partial charge in [0.15, 0.2) is 0 Å². The van der Waals surface area contributed by atoms with Gasteiger partial charge in [-0.1, -0.05) is 5.16 Å². The molecule has 0 spiro atoms. The lowest BCUT2D eigenvalue weighted by molar-refractivity contribution is -0.119. The first kappa shape index (κ1) is 16.6. The standard InChI is InChI=1S/C16H19F2N3O3/c1-10(22)19-9-12-8-15(20-24-12)11-6-13(17)16(14(18)7-11)21-2-4-23-5-3-21/h6-7,12H,2-5,8-9H2,1H3,(H,19,22)/t12-/m1/s1. The lowest BCUT2D eigenvalue weighted by Crippen LogP contribution is -2.37. The number of benzene rings is 1. The summed E-state index contributed by atoms with van der Waals surface area (Å²) in [6, 6.07) is 2.55. The van der Waals surface area contributed by atoms with Gasteiger partial charge in [-0.05, 0) is 12.1 Å². The number of ether oxygens (including phenoxy) is 1. The van der Waals surface area contributed by atoms with E-state index in [0.717, 1.165) is 0 Å². The Labute approximate surface area is 138 Å². The van der Waals surface area contributed by atoms with Crippen LogP contribution in [0.2, 0.25) is 0 Å². The van der Waals surface area contributed by atoms with Crippen LogP contribution in [0.5, 0.6) is 0 Å². The summed E-state index contributed by atoms with van der Waals surface area (Å²) in [6.07, 6.45) is 0.0599. The molecule has 0 aromatic heterocycles. The molecule has 3 rings (SSSR count). The van der Waals surface area contributed by atoms with Crippen LogP contribution in [0.1, 0.15) is 18.9 Å². The highest BCUT2D eigenvalue weighted by molar-refractivity contribution is 6.01. The Morgan fingerprint density at radius 2 is 2.00 bits per heavy atom. The van der Waals surface area contributed by atoms with Gasteiger partial charge in [-0.15, -0.1) is 0 Å². The molecule has 0 saturated carbocycles. The van der Waals surface area contributed by atoms with Crippen molar-refractivity contribution >= 4 is 17.3 Å². The second kappa shape index (κ2) is 7.12. The van der Waals surface area contributed by atoms with Gasteiger partial charge >= 0.3 is 0 Å². The molecule has 0 bridgehead atoms. The first-order chi connectivity index (χ1) is 11.5. The summed E-state index contributed by atoms with van der Waals surface area (Å²) in [4.78, 5) is 17.8. The summed E-state index contributed by atoms with van der Waals surface area (Å²) in [7, 11) is 0. The van der Waals surface area contributed by atoms with Gasteiger partial charge in [0.05, 0.1) is 25.5 Å². The summed E-state index contributed by atoms with van der Waals surface area (Å²) in [5, 5.41) is 6.52. The Hall–Kier alpha value is -2.22. The number of carbonyl (C=O) groups is 1. The van der Waals surface area contributed by atoms with E-state index in [-0.39, 0.29) is 17.7 Å². The van der Waals surface area contributed by atoms with Gasteiger partial charge in [0.25, 0.3) is 0 Å². The van der Waals surface area contributed by atoms with Crippen LogP contribution in [-0.4, -0.2) is 50.6 Å². The van der Waals surface area contributed by atoms with Crippen molar-refractivity contribution in [3.8, 4) is 0 Å². The number of nitrogens with zero attached hydrogens (tertiary/aromatic N) is 2. The Kier molecular flexibility index (Phi) is 4.94. The molecule has 1 atom stereocenters. The minimum Gasteiger partial charge on any atom is -0.390 e. The first-order valence-electron chi connectivity index (χ1n) is 7.84. The molecule has 0 radical (unpaired) electrons. The molecule has 1 N–H and O–H groups in total.